The molecule has 0 saturated carbocycles. The summed E-state index contributed by atoms with van der Waals surface area (Å²) < 4.78 is 0. The van der Waals surface area contributed by atoms with E-state index < -0.39 is 5.97 Å². The summed E-state index contributed by atoms with van der Waals surface area (Å²) in [7, 11) is 0. The summed E-state index contributed by atoms with van der Waals surface area (Å²) in [6.07, 6.45) is 1.57. The minimum atomic E-state index is -0.776. The maximum absolute atomic E-state index is 12.0. The molecule has 21 heavy (non-hydrogen) atoms. The third kappa shape index (κ3) is 5.85. The number of hydrogen-bond acceptors (Lipinski definition) is 3. The van der Waals surface area contributed by atoms with Gasteiger partial charge in [-0.2, -0.15) is 0 Å². The Morgan fingerprint density at radius 1 is 1.24 bits per heavy atom. The zero-order valence-corrected chi connectivity index (χ0v) is 12.6. The number of hydrogen-bond donors (Lipinski definition) is 3. The molecule has 1 rings (SSSR count). The number of carboxylic acids is 1. The van der Waals surface area contributed by atoms with Crippen LogP contribution in [0.5, 0.6) is 0 Å². The van der Waals surface area contributed by atoms with E-state index in [1.54, 1.807) is 24.3 Å². The van der Waals surface area contributed by atoms with Crippen molar-refractivity contribution in [2.24, 2.45) is 11.8 Å². The molecule has 116 valence electrons. The van der Waals surface area contributed by atoms with Crippen LogP contribution >= 0.6 is 0 Å². The fourth-order valence-electron chi connectivity index (χ4n) is 2.29. The van der Waals surface area contributed by atoms with E-state index in [9.17, 15) is 9.59 Å². The molecule has 1 amide bonds. The van der Waals surface area contributed by atoms with Crippen molar-refractivity contribution in [3.63, 3.8) is 0 Å². The van der Waals surface area contributed by atoms with Gasteiger partial charge < -0.3 is 16.2 Å². The Kier molecular flexibility index (Phi) is 6.72. The lowest BCUT2D eigenvalue weighted by atomic mass is 9.88. The number of carbonyl (C=O) groups is 2. The van der Waals surface area contributed by atoms with Crippen molar-refractivity contribution in [2.45, 2.75) is 33.1 Å². The molecule has 1 aromatic rings. The Morgan fingerprint density at radius 3 is 2.48 bits per heavy atom. The van der Waals surface area contributed by atoms with E-state index in [0.29, 0.717) is 30.1 Å². The average molecular weight is 292 g/mol. The van der Waals surface area contributed by atoms with Crippen molar-refractivity contribution in [1.29, 1.82) is 0 Å². The second-order valence-corrected chi connectivity index (χ2v) is 5.57. The van der Waals surface area contributed by atoms with Crippen molar-refractivity contribution in [1.82, 2.24) is 5.32 Å². The lowest BCUT2D eigenvalue weighted by molar-refractivity contribution is -0.137. The highest BCUT2D eigenvalue weighted by Gasteiger charge is 2.16. The molecule has 0 saturated heterocycles. The quantitative estimate of drug-likeness (QED) is 0.642. The molecule has 0 radical (unpaired) electrons. The Labute approximate surface area is 125 Å². The number of aliphatic carboxylic acids is 1. The molecule has 5 nitrogen and oxygen atoms in total. The van der Waals surface area contributed by atoms with Crippen molar-refractivity contribution < 1.29 is 14.7 Å². The van der Waals surface area contributed by atoms with Gasteiger partial charge in [0.25, 0.3) is 5.91 Å². The molecule has 0 bridgehead atoms. The van der Waals surface area contributed by atoms with Gasteiger partial charge in [0.2, 0.25) is 0 Å². The van der Waals surface area contributed by atoms with Crippen LogP contribution in [0.15, 0.2) is 24.3 Å². The standard InChI is InChI=1S/C16H24N2O3/c1-11(2)12(7-8-15(19)20)9-10-18-16(21)13-5-3-4-6-14(13)17/h3-6,11-12H,7-10,17H2,1-2H3,(H,18,21)(H,19,20). The first kappa shape index (κ1) is 17.0. The van der Waals surface area contributed by atoms with Crippen LogP contribution in [0, 0.1) is 11.8 Å². The summed E-state index contributed by atoms with van der Waals surface area (Å²) in [5.41, 5.74) is 6.69. The molecule has 0 fully saturated rings. The SMILES string of the molecule is CC(C)C(CCNC(=O)c1ccccc1N)CCC(=O)O. The Morgan fingerprint density at radius 2 is 1.90 bits per heavy atom. The molecule has 1 atom stereocenters. The predicted molar refractivity (Wildman–Crippen MR) is 83.0 cm³/mol. The third-order valence-electron chi connectivity index (χ3n) is 3.68. The largest absolute Gasteiger partial charge is 0.481 e. The van der Waals surface area contributed by atoms with Gasteiger partial charge in [0.1, 0.15) is 0 Å². The van der Waals surface area contributed by atoms with E-state index in [4.69, 9.17) is 10.8 Å². The predicted octanol–water partition coefficient (Wildman–Crippen LogP) is 2.53. The van der Waals surface area contributed by atoms with Gasteiger partial charge in [-0.3, -0.25) is 9.59 Å². The van der Waals surface area contributed by atoms with Gasteiger partial charge in [-0.05, 0) is 36.8 Å². The Balaban J connectivity index is 2.45. The zero-order chi connectivity index (χ0) is 15.8. The summed E-state index contributed by atoms with van der Waals surface area (Å²) in [6.45, 7) is 4.67. The summed E-state index contributed by atoms with van der Waals surface area (Å²) in [4.78, 5) is 22.6. The molecule has 0 aliphatic carbocycles. The Bertz CT molecular complexity index is 486. The van der Waals surface area contributed by atoms with Crippen molar-refractivity contribution in [3.8, 4) is 0 Å². The maximum Gasteiger partial charge on any atom is 0.303 e. The first-order chi connectivity index (χ1) is 9.91. The maximum atomic E-state index is 12.0. The minimum absolute atomic E-state index is 0.169. The van der Waals surface area contributed by atoms with E-state index in [1.165, 1.54) is 0 Å². The number of carbonyl (C=O) groups excluding carboxylic acids is 1. The normalized spacial score (nSPS) is 12.1. The highest BCUT2D eigenvalue weighted by atomic mass is 16.4. The van der Waals surface area contributed by atoms with Gasteiger partial charge in [-0.1, -0.05) is 26.0 Å². The summed E-state index contributed by atoms with van der Waals surface area (Å²) in [5, 5.41) is 11.6. The Hall–Kier alpha value is -2.04. The molecular formula is C16H24N2O3. The number of anilines is 1. The van der Waals surface area contributed by atoms with Crippen LogP contribution in [0.1, 0.15) is 43.5 Å². The molecule has 1 unspecified atom stereocenters. The highest BCUT2D eigenvalue weighted by Crippen LogP contribution is 2.20. The van der Waals surface area contributed by atoms with Gasteiger partial charge in [-0.25, -0.2) is 0 Å². The van der Waals surface area contributed by atoms with Gasteiger partial charge in [0, 0.05) is 18.7 Å². The lowest BCUT2D eigenvalue weighted by Crippen LogP contribution is -2.27. The number of rotatable bonds is 8. The fraction of sp³-hybridized carbons (Fsp3) is 0.500. The molecule has 0 aromatic heterocycles. The van der Waals surface area contributed by atoms with Crippen molar-refractivity contribution in [2.75, 3.05) is 12.3 Å². The van der Waals surface area contributed by atoms with Crippen LogP contribution < -0.4 is 11.1 Å². The highest BCUT2D eigenvalue weighted by molar-refractivity contribution is 5.99. The first-order valence-corrected chi connectivity index (χ1v) is 7.26. The molecular weight excluding hydrogens is 268 g/mol. The number of benzene rings is 1. The van der Waals surface area contributed by atoms with E-state index >= 15 is 0 Å². The van der Waals surface area contributed by atoms with Gasteiger partial charge in [-0.15, -0.1) is 0 Å². The first-order valence-electron chi connectivity index (χ1n) is 7.26. The molecule has 0 spiro atoms. The monoisotopic (exact) mass is 292 g/mol. The average Bonchev–Trinajstić information content (AvgIpc) is 2.42. The van der Waals surface area contributed by atoms with E-state index in [0.717, 1.165) is 6.42 Å². The molecule has 0 heterocycles. The van der Waals surface area contributed by atoms with Crippen LogP contribution in [-0.4, -0.2) is 23.5 Å². The summed E-state index contributed by atoms with van der Waals surface area (Å²) >= 11 is 0. The second-order valence-electron chi connectivity index (χ2n) is 5.57. The van der Waals surface area contributed by atoms with Crippen LogP contribution in [0.4, 0.5) is 5.69 Å². The number of amides is 1. The molecule has 4 N–H and O–H groups in total. The van der Waals surface area contributed by atoms with Gasteiger partial charge in [0.15, 0.2) is 0 Å². The third-order valence-corrected chi connectivity index (χ3v) is 3.68. The summed E-state index contributed by atoms with van der Waals surface area (Å²) in [6, 6.07) is 6.94. The zero-order valence-electron chi connectivity index (χ0n) is 12.6. The van der Waals surface area contributed by atoms with E-state index in [2.05, 4.69) is 19.2 Å². The molecule has 5 heteroatoms. The van der Waals surface area contributed by atoms with Crippen LogP contribution in [0.3, 0.4) is 0 Å². The number of nitrogens with one attached hydrogen (secondary N) is 1. The van der Waals surface area contributed by atoms with Gasteiger partial charge >= 0.3 is 5.97 Å². The number of carboxylic acid groups (broad SMARTS) is 1. The van der Waals surface area contributed by atoms with Crippen LogP contribution in [0.25, 0.3) is 0 Å². The fourth-order valence-corrected chi connectivity index (χ4v) is 2.29. The molecule has 0 aliphatic rings. The van der Waals surface area contributed by atoms with E-state index in [-0.39, 0.29) is 18.2 Å². The topological polar surface area (TPSA) is 92.4 Å². The smallest absolute Gasteiger partial charge is 0.303 e. The number of nitrogen functional groups attached to an aromatic ring is 1. The molecule has 0 aliphatic heterocycles. The van der Waals surface area contributed by atoms with Crippen molar-refractivity contribution >= 4 is 17.6 Å². The lowest BCUT2D eigenvalue weighted by Gasteiger charge is -2.20. The number of nitrogens with two attached hydrogens (primary N) is 1. The van der Waals surface area contributed by atoms with E-state index in [1.807, 2.05) is 0 Å². The van der Waals surface area contributed by atoms with Crippen LogP contribution in [-0.2, 0) is 4.79 Å². The van der Waals surface area contributed by atoms with Crippen molar-refractivity contribution in [3.05, 3.63) is 29.8 Å². The minimum Gasteiger partial charge on any atom is -0.481 e. The number of para-hydroxylation sites is 1. The van der Waals surface area contributed by atoms with Crippen LogP contribution in [0.2, 0.25) is 0 Å². The van der Waals surface area contributed by atoms with Gasteiger partial charge in [0.05, 0.1) is 5.56 Å². The molecule has 1 aromatic carbocycles. The summed E-state index contributed by atoms with van der Waals surface area (Å²) in [5.74, 6) is -0.284. The second kappa shape index (κ2) is 8.29.